The summed E-state index contributed by atoms with van der Waals surface area (Å²) in [5.74, 6) is -1.03. The maximum absolute atomic E-state index is 11.9. The largest absolute Gasteiger partial charge is 0.504 e. The molecule has 0 aliphatic carbocycles. The Kier molecular flexibility index (Phi) is 5.62. The van der Waals surface area contributed by atoms with E-state index < -0.39 is 12.1 Å². The van der Waals surface area contributed by atoms with Crippen LogP contribution in [0.1, 0.15) is 31.7 Å². The van der Waals surface area contributed by atoms with Crippen LogP contribution < -0.4 is 0 Å². The van der Waals surface area contributed by atoms with E-state index in [-0.39, 0.29) is 30.0 Å². The molecule has 1 aliphatic heterocycles. The number of aromatic hydroxyl groups is 2. The number of hydrogen-bond acceptors (Lipinski definition) is 6. The summed E-state index contributed by atoms with van der Waals surface area (Å²) in [7, 11) is 0. The molecular weight excluding hydrogens is 300 g/mol. The minimum Gasteiger partial charge on any atom is -0.504 e. The van der Waals surface area contributed by atoms with Gasteiger partial charge in [-0.05, 0) is 42.5 Å². The third-order valence-corrected chi connectivity index (χ3v) is 3.63. The number of cyclic esters (lactones) is 1. The fourth-order valence-corrected chi connectivity index (χ4v) is 2.35. The average Bonchev–Trinajstić information content (AvgIpc) is 2.50. The van der Waals surface area contributed by atoms with Crippen LogP contribution in [0.2, 0.25) is 0 Å². The first-order valence-electron chi connectivity index (χ1n) is 7.50. The first kappa shape index (κ1) is 16.9. The zero-order chi connectivity index (χ0) is 16.8. The van der Waals surface area contributed by atoms with Crippen molar-refractivity contribution >= 4 is 18.0 Å². The van der Waals surface area contributed by atoms with Gasteiger partial charge in [0.2, 0.25) is 0 Å². The van der Waals surface area contributed by atoms with Gasteiger partial charge in [0.05, 0.1) is 0 Å². The van der Waals surface area contributed by atoms with Crippen LogP contribution in [0.15, 0.2) is 24.3 Å². The van der Waals surface area contributed by atoms with Gasteiger partial charge >= 0.3 is 11.9 Å². The number of carbonyl (C=O) groups is 2. The van der Waals surface area contributed by atoms with Gasteiger partial charge in [0, 0.05) is 12.5 Å². The highest BCUT2D eigenvalue weighted by molar-refractivity contribution is 5.87. The molecule has 0 spiro atoms. The van der Waals surface area contributed by atoms with Crippen LogP contribution in [0.5, 0.6) is 11.5 Å². The van der Waals surface area contributed by atoms with Crippen LogP contribution in [0.4, 0.5) is 0 Å². The molecule has 1 fully saturated rings. The maximum Gasteiger partial charge on any atom is 0.331 e. The zero-order valence-electron chi connectivity index (χ0n) is 12.9. The van der Waals surface area contributed by atoms with Gasteiger partial charge in [0.25, 0.3) is 0 Å². The van der Waals surface area contributed by atoms with Gasteiger partial charge in [-0.15, -0.1) is 0 Å². The van der Waals surface area contributed by atoms with E-state index in [1.807, 2.05) is 6.92 Å². The third kappa shape index (κ3) is 5.32. The Balaban J connectivity index is 1.93. The Hall–Kier alpha value is -2.50. The SMILES string of the molecule is CC1CCC(=O)OCC(OC(=O)C=Cc2ccc(O)c(O)c2)C1. The first-order valence-corrected chi connectivity index (χ1v) is 7.50. The average molecular weight is 320 g/mol. The van der Waals surface area contributed by atoms with E-state index >= 15 is 0 Å². The number of carbonyl (C=O) groups excluding carboxylic acids is 2. The van der Waals surface area contributed by atoms with Crippen LogP contribution in [0.25, 0.3) is 6.08 Å². The van der Waals surface area contributed by atoms with Crippen LogP contribution >= 0.6 is 0 Å². The molecule has 124 valence electrons. The van der Waals surface area contributed by atoms with Crippen molar-refractivity contribution in [3.05, 3.63) is 29.8 Å². The molecule has 23 heavy (non-hydrogen) atoms. The Bertz CT molecular complexity index is 607. The van der Waals surface area contributed by atoms with Gasteiger partial charge in [0.15, 0.2) is 11.5 Å². The van der Waals surface area contributed by atoms with Crippen molar-refractivity contribution in [1.29, 1.82) is 0 Å². The molecule has 6 heteroatoms. The molecule has 1 heterocycles. The molecule has 0 radical (unpaired) electrons. The molecule has 6 nitrogen and oxygen atoms in total. The Morgan fingerprint density at radius 2 is 2.13 bits per heavy atom. The zero-order valence-corrected chi connectivity index (χ0v) is 12.9. The van der Waals surface area contributed by atoms with Gasteiger partial charge in [-0.2, -0.15) is 0 Å². The summed E-state index contributed by atoms with van der Waals surface area (Å²) >= 11 is 0. The molecule has 0 amide bonds. The molecule has 2 atom stereocenters. The number of phenolic OH excluding ortho intramolecular Hbond substituents is 2. The predicted octanol–water partition coefficient (Wildman–Crippen LogP) is 2.39. The molecule has 1 saturated heterocycles. The van der Waals surface area contributed by atoms with Crippen LogP contribution in [-0.2, 0) is 19.1 Å². The van der Waals surface area contributed by atoms with Gasteiger partial charge in [-0.1, -0.05) is 13.0 Å². The van der Waals surface area contributed by atoms with Crippen molar-refractivity contribution in [2.24, 2.45) is 5.92 Å². The molecule has 0 saturated carbocycles. The predicted molar refractivity (Wildman–Crippen MR) is 82.7 cm³/mol. The molecule has 1 aliphatic rings. The van der Waals surface area contributed by atoms with Crippen LogP contribution in [-0.4, -0.2) is 34.9 Å². The standard InChI is InChI=1S/C17H20O6/c1-11-2-6-16(20)22-10-13(8-11)23-17(21)7-4-12-3-5-14(18)15(19)9-12/h3-5,7,9,11,13,18-19H,2,6,8,10H2,1H3. The summed E-state index contributed by atoms with van der Waals surface area (Å²) in [6.07, 6.45) is 4.00. The van der Waals surface area contributed by atoms with Gasteiger partial charge in [-0.3, -0.25) is 4.79 Å². The highest BCUT2D eigenvalue weighted by Gasteiger charge is 2.22. The van der Waals surface area contributed by atoms with Crippen LogP contribution in [0, 0.1) is 5.92 Å². The van der Waals surface area contributed by atoms with E-state index in [9.17, 15) is 19.8 Å². The quantitative estimate of drug-likeness (QED) is 0.504. The molecule has 2 rings (SSSR count). The number of rotatable bonds is 3. The lowest BCUT2D eigenvalue weighted by molar-refractivity contribution is -0.158. The highest BCUT2D eigenvalue weighted by Crippen LogP contribution is 2.25. The van der Waals surface area contributed by atoms with E-state index in [4.69, 9.17) is 9.47 Å². The van der Waals surface area contributed by atoms with Crippen molar-refractivity contribution < 1.29 is 29.3 Å². The Labute approximate surface area is 134 Å². The van der Waals surface area contributed by atoms with E-state index in [1.165, 1.54) is 24.3 Å². The lowest BCUT2D eigenvalue weighted by atomic mass is 9.97. The summed E-state index contributed by atoms with van der Waals surface area (Å²) in [6, 6.07) is 4.22. The minimum atomic E-state index is -0.550. The summed E-state index contributed by atoms with van der Waals surface area (Å²) in [5.41, 5.74) is 0.551. The van der Waals surface area contributed by atoms with Crippen molar-refractivity contribution in [2.45, 2.75) is 32.3 Å². The molecule has 1 aromatic rings. The molecule has 1 aromatic carbocycles. The summed E-state index contributed by atoms with van der Waals surface area (Å²) in [5, 5.41) is 18.6. The third-order valence-electron chi connectivity index (χ3n) is 3.63. The first-order chi connectivity index (χ1) is 10.9. The Morgan fingerprint density at radius 3 is 2.87 bits per heavy atom. The lowest BCUT2D eigenvalue weighted by Gasteiger charge is -2.23. The van der Waals surface area contributed by atoms with E-state index in [2.05, 4.69) is 0 Å². The molecule has 0 aromatic heterocycles. The number of benzene rings is 1. The second-order valence-corrected chi connectivity index (χ2v) is 5.70. The molecular formula is C17H20O6. The van der Waals surface area contributed by atoms with E-state index in [0.717, 1.165) is 6.42 Å². The summed E-state index contributed by atoms with van der Waals surface area (Å²) in [6.45, 7) is 2.08. The molecule has 2 unspecified atom stereocenters. The fraction of sp³-hybridized carbons (Fsp3) is 0.412. The smallest absolute Gasteiger partial charge is 0.331 e. The summed E-state index contributed by atoms with van der Waals surface area (Å²) in [4.78, 5) is 23.2. The van der Waals surface area contributed by atoms with Gasteiger partial charge in [-0.25, -0.2) is 4.79 Å². The van der Waals surface area contributed by atoms with Crippen molar-refractivity contribution in [3.8, 4) is 11.5 Å². The Morgan fingerprint density at radius 1 is 1.35 bits per heavy atom. The normalized spacial score (nSPS) is 22.2. The molecule has 0 bridgehead atoms. The van der Waals surface area contributed by atoms with E-state index in [1.54, 1.807) is 6.07 Å². The van der Waals surface area contributed by atoms with Gasteiger partial charge in [0.1, 0.15) is 12.7 Å². The number of esters is 2. The number of ether oxygens (including phenoxy) is 2. The summed E-state index contributed by atoms with van der Waals surface area (Å²) < 4.78 is 10.3. The second kappa shape index (κ2) is 7.67. The van der Waals surface area contributed by atoms with Crippen LogP contribution in [0.3, 0.4) is 0 Å². The monoisotopic (exact) mass is 320 g/mol. The van der Waals surface area contributed by atoms with E-state index in [0.29, 0.717) is 18.4 Å². The highest BCUT2D eigenvalue weighted by atomic mass is 16.6. The number of hydrogen-bond donors (Lipinski definition) is 2. The maximum atomic E-state index is 11.9. The minimum absolute atomic E-state index is 0.0722. The van der Waals surface area contributed by atoms with Gasteiger partial charge < -0.3 is 19.7 Å². The topological polar surface area (TPSA) is 93.1 Å². The van der Waals surface area contributed by atoms with Crippen molar-refractivity contribution in [1.82, 2.24) is 0 Å². The lowest BCUT2D eigenvalue weighted by Crippen LogP contribution is -2.29. The molecule has 2 N–H and O–H groups in total. The second-order valence-electron chi connectivity index (χ2n) is 5.70. The fourth-order valence-electron chi connectivity index (χ4n) is 2.35. The number of phenols is 2. The van der Waals surface area contributed by atoms with Crippen molar-refractivity contribution in [2.75, 3.05) is 6.61 Å². The van der Waals surface area contributed by atoms with Crippen molar-refractivity contribution in [3.63, 3.8) is 0 Å².